The fraction of sp³-hybridized carbons (Fsp3) is 0.364. The number of phenolic OH excluding ortho intramolecular Hbond substituents is 1. The maximum absolute atomic E-state index is 10.3. The summed E-state index contributed by atoms with van der Waals surface area (Å²) in [4.78, 5) is 2.22. The van der Waals surface area contributed by atoms with E-state index in [4.69, 9.17) is 14.2 Å². The molecule has 0 amide bonds. The van der Waals surface area contributed by atoms with Crippen molar-refractivity contribution < 1.29 is 24.4 Å². The van der Waals surface area contributed by atoms with Crippen LogP contribution in [-0.4, -0.2) is 54.3 Å². The lowest BCUT2D eigenvalue weighted by Crippen LogP contribution is -2.37. The normalized spacial score (nSPS) is 17.4. The second-order valence-corrected chi connectivity index (χ2v) is 7.14. The number of hydrogen-bond acceptors (Lipinski definition) is 6. The van der Waals surface area contributed by atoms with Crippen molar-refractivity contribution in [2.45, 2.75) is 19.1 Å². The van der Waals surface area contributed by atoms with Crippen LogP contribution in [0.25, 0.3) is 5.57 Å². The average molecular weight is 383 g/mol. The molecule has 6 heteroatoms. The number of aromatic hydroxyl groups is 1. The second kappa shape index (κ2) is 8.65. The Kier molecular flexibility index (Phi) is 5.81. The Bertz CT molecular complexity index is 833. The minimum Gasteiger partial charge on any atom is -0.508 e. The van der Waals surface area contributed by atoms with Gasteiger partial charge in [-0.2, -0.15) is 0 Å². The molecule has 0 saturated heterocycles. The minimum absolute atomic E-state index is 0.261. The SMILES string of the molecule is Oc1ccc(C2=CCN(CC(O)COCc3ccc4c(c3)OCO4)CC2)cc1. The highest BCUT2D eigenvalue weighted by molar-refractivity contribution is 5.67. The molecule has 0 radical (unpaired) electrons. The first-order chi connectivity index (χ1) is 13.7. The van der Waals surface area contributed by atoms with E-state index in [1.807, 2.05) is 30.3 Å². The van der Waals surface area contributed by atoms with Crippen LogP contribution in [0.2, 0.25) is 0 Å². The fourth-order valence-electron chi connectivity index (χ4n) is 3.51. The third-order valence-corrected chi connectivity index (χ3v) is 5.02. The van der Waals surface area contributed by atoms with Gasteiger partial charge in [0.15, 0.2) is 11.5 Å². The molecule has 2 aliphatic heterocycles. The quantitative estimate of drug-likeness (QED) is 0.766. The predicted molar refractivity (Wildman–Crippen MR) is 105 cm³/mol. The van der Waals surface area contributed by atoms with E-state index in [-0.39, 0.29) is 12.5 Å². The standard InChI is InChI=1S/C22H25NO5/c24-19-4-2-17(3-5-19)18-7-9-23(10-8-18)12-20(25)14-26-13-16-1-6-21-22(11-16)28-15-27-21/h1-7,11,20,24-25H,8-10,12-15H2. The van der Waals surface area contributed by atoms with E-state index in [1.54, 1.807) is 12.1 Å². The van der Waals surface area contributed by atoms with Crippen molar-refractivity contribution in [1.29, 1.82) is 0 Å². The van der Waals surface area contributed by atoms with E-state index in [0.29, 0.717) is 19.8 Å². The lowest BCUT2D eigenvalue weighted by atomic mass is 9.99. The zero-order chi connectivity index (χ0) is 19.3. The van der Waals surface area contributed by atoms with Crippen LogP contribution in [0.5, 0.6) is 17.2 Å². The number of phenols is 1. The first kappa shape index (κ1) is 18.8. The number of nitrogens with zero attached hydrogens (tertiary/aromatic N) is 1. The molecular formula is C22H25NO5. The van der Waals surface area contributed by atoms with Gasteiger partial charge in [-0.05, 0) is 47.4 Å². The summed E-state index contributed by atoms with van der Waals surface area (Å²) < 4.78 is 16.3. The molecule has 0 aromatic heterocycles. The van der Waals surface area contributed by atoms with Crippen molar-refractivity contribution in [1.82, 2.24) is 4.90 Å². The van der Waals surface area contributed by atoms with Crippen LogP contribution in [-0.2, 0) is 11.3 Å². The molecule has 0 fully saturated rings. The van der Waals surface area contributed by atoms with E-state index >= 15 is 0 Å². The van der Waals surface area contributed by atoms with Gasteiger partial charge in [0.05, 0.1) is 19.3 Å². The topological polar surface area (TPSA) is 71.4 Å². The van der Waals surface area contributed by atoms with Crippen LogP contribution in [0, 0.1) is 0 Å². The first-order valence-electron chi connectivity index (χ1n) is 9.52. The van der Waals surface area contributed by atoms with Gasteiger partial charge in [0.1, 0.15) is 5.75 Å². The molecule has 2 aliphatic rings. The summed E-state index contributed by atoms with van der Waals surface area (Å²) in [6, 6.07) is 13.0. The smallest absolute Gasteiger partial charge is 0.231 e. The van der Waals surface area contributed by atoms with E-state index in [2.05, 4.69) is 11.0 Å². The van der Waals surface area contributed by atoms with Gasteiger partial charge in [0.25, 0.3) is 0 Å². The van der Waals surface area contributed by atoms with Crippen LogP contribution >= 0.6 is 0 Å². The van der Waals surface area contributed by atoms with E-state index in [1.165, 1.54) is 5.57 Å². The Morgan fingerprint density at radius 3 is 2.68 bits per heavy atom. The van der Waals surface area contributed by atoms with E-state index in [9.17, 15) is 10.2 Å². The van der Waals surface area contributed by atoms with Crippen LogP contribution in [0.3, 0.4) is 0 Å². The molecule has 1 atom stereocenters. The van der Waals surface area contributed by atoms with E-state index < -0.39 is 6.10 Å². The number of β-amino-alcohol motifs (C(OH)–C–C–N with tert-alkyl or cyclic N) is 1. The van der Waals surface area contributed by atoms with Gasteiger partial charge in [-0.1, -0.05) is 24.3 Å². The Labute approximate surface area is 164 Å². The Morgan fingerprint density at radius 2 is 1.89 bits per heavy atom. The molecule has 2 N–H and O–H groups in total. The average Bonchev–Trinajstić information content (AvgIpc) is 3.17. The molecule has 0 aliphatic carbocycles. The van der Waals surface area contributed by atoms with Gasteiger partial charge in [-0.25, -0.2) is 0 Å². The van der Waals surface area contributed by atoms with Crippen molar-refractivity contribution >= 4 is 5.57 Å². The number of ether oxygens (including phenoxy) is 3. The van der Waals surface area contributed by atoms with Crippen molar-refractivity contribution in [2.24, 2.45) is 0 Å². The van der Waals surface area contributed by atoms with Gasteiger partial charge in [0.2, 0.25) is 6.79 Å². The van der Waals surface area contributed by atoms with Crippen molar-refractivity contribution in [3.8, 4) is 17.2 Å². The van der Waals surface area contributed by atoms with Gasteiger partial charge in [-0.3, -0.25) is 4.90 Å². The van der Waals surface area contributed by atoms with Gasteiger partial charge >= 0.3 is 0 Å². The summed E-state index contributed by atoms with van der Waals surface area (Å²) in [7, 11) is 0. The summed E-state index contributed by atoms with van der Waals surface area (Å²) in [5.41, 5.74) is 3.42. The molecule has 0 saturated carbocycles. The molecule has 28 heavy (non-hydrogen) atoms. The first-order valence-corrected chi connectivity index (χ1v) is 9.52. The molecule has 2 heterocycles. The predicted octanol–water partition coefficient (Wildman–Crippen LogP) is 2.79. The molecule has 2 aromatic rings. The lowest BCUT2D eigenvalue weighted by Gasteiger charge is -2.28. The summed E-state index contributed by atoms with van der Waals surface area (Å²) in [6.07, 6.45) is 2.59. The number of aliphatic hydroxyl groups is 1. The zero-order valence-corrected chi connectivity index (χ0v) is 15.7. The van der Waals surface area contributed by atoms with Gasteiger partial charge < -0.3 is 24.4 Å². The summed E-state index contributed by atoms with van der Waals surface area (Å²) in [6.45, 7) is 3.26. The summed E-state index contributed by atoms with van der Waals surface area (Å²) in [5, 5.41) is 19.7. The third-order valence-electron chi connectivity index (χ3n) is 5.02. The van der Waals surface area contributed by atoms with Gasteiger partial charge in [-0.15, -0.1) is 0 Å². The van der Waals surface area contributed by atoms with Gasteiger partial charge in [0, 0.05) is 19.6 Å². The lowest BCUT2D eigenvalue weighted by molar-refractivity contribution is 0.0115. The van der Waals surface area contributed by atoms with Crippen LogP contribution < -0.4 is 9.47 Å². The largest absolute Gasteiger partial charge is 0.508 e. The highest BCUT2D eigenvalue weighted by atomic mass is 16.7. The molecule has 6 nitrogen and oxygen atoms in total. The van der Waals surface area contributed by atoms with Crippen molar-refractivity contribution in [2.75, 3.05) is 33.0 Å². The van der Waals surface area contributed by atoms with E-state index in [0.717, 1.165) is 42.1 Å². The molecule has 1 unspecified atom stereocenters. The number of aliphatic hydroxyl groups excluding tert-OH is 1. The number of benzene rings is 2. The monoisotopic (exact) mass is 383 g/mol. The van der Waals surface area contributed by atoms with Crippen LogP contribution in [0.4, 0.5) is 0 Å². The Hall–Kier alpha value is -2.54. The number of hydrogen-bond donors (Lipinski definition) is 2. The maximum Gasteiger partial charge on any atom is 0.231 e. The number of fused-ring (bicyclic) bond motifs is 1. The number of rotatable bonds is 7. The highest BCUT2D eigenvalue weighted by Gasteiger charge is 2.17. The zero-order valence-electron chi connectivity index (χ0n) is 15.7. The molecular weight excluding hydrogens is 358 g/mol. The van der Waals surface area contributed by atoms with Crippen molar-refractivity contribution in [3.63, 3.8) is 0 Å². The molecule has 4 rings (SSSR count). The second-order valence-electron chi connectivity index (χ2n) is 7.14. The van der Waals surface area contributed by atoms with Crippen LogP contribution in [0.15, 0.2) is 48.5 Å². The minimum atomic E-state index is -0.530. The Balaban J connectivity index is 1.20. The highest BCUT2D eigenvalue weighted by Crippen LogP contribution is 2.32. The molecule has 0 bridgehead atoms. The van der Waals surface area contributed by atoms with Crippen molar-refractivity contribution in [3.05, 3.63) is 59.7 Å². The third kappa shape index (κ3) is 4.65. The molecule has 148 valence electrons. The molecule has 0 spiro atoms. The molecule has 2 aromatic carbocycles. The fourth-order valence-corrected chi connectivity index (χ4v) is 3.51. The maximum atomic E-state index is 10.3. The Morgan fingerprint density at radius 1 is 1.07 bits per heavy atom. The van der Waals surface area contributed by atoms with Crippen LogP contribution in [0.1, 0.15) is 17.5 Å². The summed E-state index contributed by atoms with van der Waals surface area (Å²) in [5.74, 6) is 1.78. The summed E-state index contributed by atoms with van der Waals surface area (Å²) >= 11 is 0.